The minimum atomic E-state index is -0.689. The average Bonchev–Trinajstić information content (AvgIpc) is 2.93. The quantitative estimate of drug-likeness (QED) is 0.500. The molecule has 1 aromatic heterocycles. The molecule has 2 aromatic rings. The highest BCUT2D eigenvalue weighted by atomic mass is 16.5. The number of aromatic nitrogens is 1. The van der Waals surface area contributed by atoms with Crippen LogP contribution in [0.3, 0.4) is 0 Å². The Morgan fingerprint density at radius 2 is 1.89 bits per heavy atom. The minimum absolute atomic E-state index is 0.0935. The van der Waals surface area contributed by atoms with Crippen molar-refractivity contribution in [3.05, 3.63) is 70.6 Å². The number of methoxy groups -OCH3 is 1. The predicted octanol–water partition coefficient (Wildman–Crippen LogP) is 2.77. The standard InChI is InChI=1S/C21H22N2O4/c1-13-4-5-14(2)16(12-13)19(24)17-18(15-6-8-22-9-7-15)23(10-11-27-3)21(26)20(17)25/h4-9,12,18,24H,10-11H2,1-3H3/t18-/m0/s1. The number of pyridine rings is 1. The van der Waals surface area contributed by atoms with E-state index < -0.39 is 17.7 Å². The zero-order valence-electron chi connectivity index (χ0n) is 15.6. The van der Waals surface area contributed by atoms with Crippen molar-refractivity contribution in [3.8, 4) is 0 Å². The summed E-state index contributed by atoms with van der Waals surface area (Å²) >= 11 is 0. The molecule has 1 atom stereocenters. The Kier molecular flexibility index (Phi) is 5.37. The van der Waals surface area contributed by atoms with Crippen LogP contribution < -0.4 is 0 Å². The van der Waals surface area contributed by atoms with Crippen LogP contribution in [0.1, 0.15) is 28.3 Å². The molecule has 0 unspecified atom stereocenters. The van der Waals surface area contributed by atoms with E-state index >= 15 is 0 Å². The molecule has 0 spiro atoms. The smallest absolute Gasteiger partial charge is 0.295 e. The van der Waals surface area contributed by atoms with E-state index in [2.05, 4.69) is 4.98 Å². The maximum Gasteiger partial charge on any atom is 0.295 e. The molecule has 6 heteroatoms. The van der Waals surface area contributed by atoms with Crippen LogP contribution >= 0.6 is 0 Å². The number of Topliss-reactive ketones (excluding diaryl/α,β-unsaturated/α-hetero) is 1. The number of amides is 1. The summed E-state index contributed by atoms with van der Waals surface area (Å²) in [5.41, 5.74) is 3.15. The fourth-order valence-corrected chi connectivity index (χ4v) is 3.33. The zero-order chi connectivity index (χ0) is 19.6. The van der Waals surface area contributed by atoms with Gasteiger partial charge in [-0.3, -0.25) is 14.6 Å². The second kappa shape index (κ2) is 7.72. The summed E-state index contributed by atoms with van der Waals surface area (Å²) in [5, 5.41) is 11.0. The van der Waals surface area contributed by atoms with Gasteiger partial charge in [0, 0.05) is 31.6 Å². The summed E-state index contributed by atoms with van der Waals surface area (Å²) in [4.78, 5) is 30.9. The molecule has 2 heterocycles. The van der Waals surface area contributed by atoms with E-state index in [0.717, 1.165) is 11.1 Å². The average molecular weight is 366 g/mol. The lowest BCUT2D eigenvalue weighted by molar-refractivity contribution is -0.140. The second-order valence-electron chi connectivity index (χ2n) is 6.58. The van der Waals surface area contributed by atoms with E-state index in [-0.39, 0.29) is 24.5 Å². The number of likely N-dealkylation sites (tertiary alicyclic amines) is 1. The number of ketones is 1. The van der Waals surface area contributed by atoms with Gasteiger partial charge >= 0.3 is 0 Å². The van der Waals surface area contributed by atoms with Crippen molar-refractivity contribution in [2.75, 3.05) is 20.3 Å². The van der Waals surface area contributed by atoms with Gasteiger partial charge < -0.3 is 14.7 Å². The van der Waals surface area contributed by atoms with E-state index in [4.69, 9.17) is 4.74 Å². The molecule has 3 rings (SSSR count). The molecule has 140 valence electrons. The number of aryl methyl sites for hydroxylation is 2. The van der Waals surface area contributed by atoms with E-state index in [1.54, 1.807) is 24.5 Å². The third-order valence-corrected chi connectivity index (χ3v) is 4.75. The molecular formula is C21H22N2O4. The number of hydrogen-bond donors (Lipinski definition) is 1. The van der Waals surface area contributed by atoms with E-state index in [1.165, 1.54) is 12.0 Å². The summed E-state index contributed by atoms with van der Waals surface area (Å²) in [6, 6.07) is 8.44. The molecule has 1 aromatic carbocycles. The Hall–Kier alpha value is -2.99. The molecule has 1 N–H and O–H groups in total. The number of carbonyl (C=O) groups is 2. The van der Waals surface area contributed by atoms with E-state index in [9.17, 15) is 14.7 Å². The van der Waals surface area contributed by atoms with Gasteiger partial charge in [-0.25, -0.2) is 0 Å². The van der Waals surface area contributed by atoms with Gasteiger partial charge in [0.1, 0.15) is 5.76 Å². The van der Waals surface area contributed by atoms with Gasteiger partial charge in [-0.05, 0) is 43.2 Å². The Morgan fingerprint density at radius 3 is 2.56 bits per heavy atom. The summed E-state index contributed by atoms with van der Waals surface area (Å²) in [7, 11) is 1.54. The number of ether oxygens (including phenoxy) is 1. The Balaban J connectivity index is 2.20. The number of rotatable bonds is 5. The van der Waals surface area contributed by atoms with Crippen molar-refractivity contribution in [1.82, 2.24) is 9.88 Å². The van der Waals surface area contributed by atoms with Crippen LogP contribution in [0, 0.1) is 13.8 Å². The summed E-state index contributed by atoms with van der Waals surface area (Å²) in [6.45, 7) is 4.31. The molecule has 1 saturated heterocycles. The van der Waals surface area contributed by atoms with Crippen molar-refractivity contribution in [2.24, 2.45) is 0 Å². The number of hydrogen-bond acceptors (Lipinski definition) is 5. The van der Waals surface area contributed by atoms with Gasteiger partial charge in [0.25, 0.3) is 11.7 Å². The third-order valence-electron chi connectivity index (χ3n) is 4.75. The van der Waals surface area contributed by atoms with Gasteiger partial charge in [0.2, 0.25) is 0 Å². The number of carbonyl (C=O) groups excluding carboxylic acids is 2. The highest BCUT2D eigenvalue weighted by Crippen LogP contribution is 2.39. The minimum Gasteiger partial charge on any atom is -0.507 e. The van der Waals surface area contributed by atoms with Gasteiger partial charge in [0.05, 0.1) is 18.2 Å². The van der Waals surface area contributed by atoms with Gasteiger partial charge in [-0.15, -0.1) is 0 Å². The van der Waals surface area contributed by atoms with Crippen molar-refractivity contribution >= 4 is 17.4 Å². The van der Waals surface area contributed by atoms with Crippen LogP contribution in [0.4, 0.5) is 0 Å². The summed E-state index contributed by atoms with van der Waals surface area (Å²) in [6.07, 6.45) is 3.20. The molecule has 1 fully saturated rings. The SMILES string of the molecule is COCCN1C(=O)C(=O)C(=C(O)c2cc(C)ccc2C)[C@@H]1c1ccncc1. The topological polar surface area (TPSA) is 79.7 Å². The lowest BCUT2D eigenvalue weighted by Gasteiger charge is -2.25. The van der Waals surface area contributed by atoms with E-state index in [1.807, 2.05) is 32.0 Å². The molecule has 27 heavy (non-hydrogen) atoms. The Labute approximate surface area is 158 Å². The van der Waals surface area contributed by atoms with Crippen molar-refractivity contribution in [1.29, 1.82) is 0 Å². The molecule has 1 aliphatic heterocycles. The second-order valence-corrected chi connectivity index (χ2v) is 6.58. The maximum absolute atomic E-state index is 12.8. The lowest BCUT2D eigenvalue weighted by atomic mass is 9.94. The molecule has 1 aliphatic rings. The molecule has 0 radical (unpaired) electrons. The molecule has 6 nitrogen and oxygen atoms in total. The van der Waals surface area contributed by atoms with Crippen LogP contribution in [-0.4, -0.2) is 46.9 Å². The Morgan fingerprint density at radius 1 is 1.19 bits per heavy atom. The van der Waals surface area contributed by atoms with Crippen LogP contribution in [0.2, 0.25) is 0 Å². The summed E-state index contributed by atoms with van der Waals surface area (Å²) in [5.74, 6) is -1.48. The zero-order valence-corrected chi connectivity index (χ0v) is 15.6. The summed E-state index contributed by atoms with van der Waals surface area (Å²) < 4.78 is 5.09. The monoisotopic (exact) mass is 366 g/mol. The number of aliphatic hydroxyl groups excluding tert-OH is 1. The maximum atomic E-state index is 12.8. The molecule has 0 aliphatic carbocycles. The Bertz CT molecular complexity index is 906. The highest BCUT2D eigenvalue weighted by Gasteiger charge is 2.45. The van der Waals surface area contributed by atoms with Crippen LogP contribution in [-0.2, 0) is 14.3 Å². The fourth-order valence-electron chi connectivity index (χ4n) is 3.33. The first-order valence-electron chi connectivity index (χ1n) is 8.70. The largest absolute Gasteiger partial charge is 0.507 e. The molecule has 0 bridgehead atoms. The highest BCUT2D eigenvalue weighted by molar-refractivity contribution is 6.46. The number of benzene rings is 1. The number of nitrogens with zero attached hydrogens (tertiary/aromatic N) is 2. The lowest BCUT2D eigenvalue weighted by Crippen LogP contribution is -2.32. The third kappa shape index (κ3) is 3.48. The van der Waals surface area contributed by atoms with Crippen molar-refractivity contribution in [2.45, 2.75) is 19.9 Å². The van der Waals surface area contributed by atoms with E-state index in [0.29, 0.717) is 11.1 Å². The predicted molar refractivity (Wildman–Crippen MR) is 101 cm³/mol. The van der Waals surface area contributed by atoms with Gasteiger partial charge in [-0.2, -0.15) is 0 Å². The van der Waals surface area contributed by atoms with Gasteiger partial charge in [-0.1, -0.05) is 17.7 Å². The first-order chi connectivity index (χ1) is 13.0. The van der Waals surface area contributed by atoms with Crippen LogP contribution in [0.15, 0.2) is 48.3 Å². The molecule has 1 amide bonds. The molecule has 0 saturated carbocycles. The van der Waals surface area contributed by atoms with Crippen LogP contribution in [0.25, 0.3) is 5.76 Å². The van der Waals surface area contributed by atoms with Gasteiger partial charge in [0.15, 0.2) is 0 Å². The first kappa shape index (κ1) is 18.8. The molecular weight excluding hydrogens is 344 g/mol. The normalized spacial score (nSPS) is 18.9. The first-order valence-corrected chi connectivity index (χ1v) is 8.70. The van der Waals surface area contributed by atoms with Crippen molar-refractivity contribution < 1.29 is 19.4 Å². The van der Waals surface area contributed by atoms with Crippen LogP contribution in [0.5, 0.6) is 0 Å². The van der Waals surface area contributed by atoms with Crippen molar-refractivity contribution in [3.63, 3.8) is 0 Å². The number of aliphatic hydroxyl groups is 1. The fraction of sp³-hybridized carbons (Fsp3) is 0.286.